The summed E-state index contributed by atoms with van der Waals surface area (Å²) in [6.45, 7) is 2.17. The van der Waals surface area contributed by atoms with Gasteiger partial charge in [-0.05, 0) is 43.2 Å². The molecule has 0 bridgehead atoms. The maximum atomic E-state index is 13.3. The molecule has 2 aromatic heterocycles. The molecule has 0 aliphatic carbocycles. The van der Waals surface area contributed by atoms with Gasteiger partial charge < -0.3 is 14.0 Å². The number of alkyl halides is 3. The molecule has 1 amide bonds. The van der Waals surface area contributed by atoms with Gasteiger partial charge in [-0.15, -0.1) is 0 Å². The van der Waals surface area contributed by atoms with Crippen LogP contribution < -0.4 is 0 Å². The number of aryl methyl sites for hydroxylation is 1. The zero-order valence-electron chi connectivity index (χ0n) is 17.5. The average Bonchev–Trinajstić information content (AvgIpc) is 3.57. The lowest BCUT2D eigenvalue weighted by Crippen LogP contribution is -2.28. The van der Waals surface area contributed by atoms with Crippen molar-refractivity contribution in [2.75, 3.05) is 13.1 Å². The lowest BCUT2D eigenvalue weighted by atomic mass is 10.1. The molecule has 4 aromatic rings. The van der Waals surface area contributed by atoms with Gasteiger partial charge in [-0.3, -0.25) is 4.79 Å². The highest BCUT2D eigenvalue weighted by molar-refractivity contribution is 5.81. The van der Waals surface area contributed by atoms with Crippen LogP contribution >= 0.6 is 0 Å². The number of hydrogen-bond acceptors (Lipinski definition) is 5. The third-order valence-corrected chi connectivity index (χ3v) is 5.79. The number of carbonyl (C=O) groups is 1. The van der Waals surface area contributed by atoms with Gasteiger partial charge in [0.25, 0.3) is 5.89 Å². The summed E-state index contributed by atoms with van der Waals surface area (Å²) < 4.78 is 47.0. The lowest BCUT2D eigenvalue weighted by Gasteiger charge is -2.15. The molecule has 2 aromatic carbocycles. The van der Waals surface area contributed by atoms with Crippen LogP contribution in [-0.2, 0) is 17.5 Å². The van der Waals surface area contributed by atoms with Gasteiger partial charge in [0.1, 0.15) is 0 Å². The molecule has 0 atom stereocenters. The van der Waals surface area contributed by atoms with Crippen molar-refractivity contribution < 1.29 is 22.5 Å². The molecule has 7 nitrogen and oxygen atoms in total. The number of nitrogens with zero attached hydrogens (tertiary/aromatic N) is 5. The summed E-state index contributed by atoms with van der Waals surface area (Å²) in [4.78, 5) is 22.8. The molecule has 0 unspecified atom stereocenters. The number of carbonyl (C=O) groups excluding carboxylic acids is 1. The fourth-order valence-electron chi connectivity index (χ4n) is 4.09. The summed E-state index contributed by atoms with van der Waals surface area (Å²) in [5.74, 6) is 0.107. The largest absolute Gasteiger partial charge is 0.417 e. The standard InChI is InChI=1S/C23H20F3N5O2/c24-23(25,26)17-6-2-1-5-16(17)22-28-21(29-33-22)15-7-8-19-18(13-15)27-14-31(19)12-9-20(32)30-10-3-4-11-30/h1-2,5-8,13-14H,3-4,9-12H2. The smallest absolute Gasteiger partial charge is 0.343 e. The maximum absolute atomic E-state index is 13.3. The van der Waals surface area contributed by atoms with Gasteiger partial charge in [0.15, 0.2) is 0 Å². The second kappa shape index (κ2) is 8.34. The maximum Gasteiger partial charge on any atom is 0.417 e. The van der Waals surface area contributed by atoms with Crippen molar-refractivity contribution in [1.82, 2.24) is 24.6 Å². The van der Waals surface area contributed by atoms with Gasteiger partial charge in [-0.1, -0.05) is 17.3 Å². The van der Waals surface area contributed by atoms with E-state index >= 15 is 0 Å². The van der Waals surface area contributed by atoms with Crippen LogP contribution in [0.15, 0.2) is 53.3 Å². The van der Waals surface area contributed by atoms with E-state index in [9.17, 15) is 18.0 Å². The number of fused-ring (bicyclic) bond motifs is 1. The minimum atomic E-state index is -4.53. The first-order chi connectivity index (χ1) is 15.9. The third kappa shape index (κ3) is 4.20. The Balaban J connectivity index is 1.37. The molecule has 33 heavy (non-hydrogen) atoms. The lowest BCUT2D eigenvalue weighted by molar-refractivity contribution is -0.137. The van der Waals surface area contributed by atoms with Gasteiger partial charge in [0.2, 0.25) is 11.7 Å². The van der Waals surface area contributed by atoms with Crippen molar-refractivity contribution in [2.45, 2.75) is 32.0 Å². The fourth-order valence-corrected chi connectivity index (χ4v) is 4.09. The molecule has 1 aliphatic rings. The van der Waals surface area contributed by atoms with Crippen molar-refractivity contribution in [2.24, 2.45) is 0 Å². The molecule has 3 heterocycles. The molecule has 1 saturated heterocycles. The van der Waals surface area contributed by atoms with Crippen LogP contribution in [0.1, 0.15) is 24.8 Å². The summed E-state index contributed by atoms with van der Waals surface area (Å²) in [6.07, 6.45) is -0.343. The minimum absolute atomic E-state index is 0.143. The Kier molecular flexibility index (Phi) is 5.35. The van der Waals surface area contributed by atoms with Crippen LogP contribution in [0.4, 0.5) is 13.2 Å². The molecule has 5 rings (SSSR count). The van der Waals surface area contributed by atoms with Crippen LogP contribution in [0.25, 0.3) is 33.9 Å². The second-order valence-corrected chi connectivity index (χ2v) is 7.95. The molecule has 1 fully saturated rings. The van der Waals surface area contributed by atoms with Gasteiger partial charge in [0, 0.05) is 31.6 Å². The normalized spacial score (nSPS) is 14.3. The Bertz CT molecular complexity index is 1300. The van der Waals surface area contributed by atoms with E-state index in [1.54, 1.807) is 18.5 Å². The van der Waals surface area contributed by atoms with Crippen LogP contribution in [-0.4, -0.2) is 43.6 Å². The van der Waals surface area contributed by atoms with Crippen LogP contribution in [0.2, 0.25) is 0 Å². The first-order valence-corrected chi connectivity index (χ1v) is 10.6. The summed E-state index contributed by atoms with van der Waals surface area (Å²) in [7, 11) is 0. The van der Waals surface area contributed by atoms with E-state index < -0.39 is 11.7 Å². The SMILES string of the molecule is O=C(CCn1cnc2cc(-c3noc(-c4ccccc4C(F)(F)F)n3)ccc21)N1CCCC1. The zero-order chi connectivity index (χ0) is 23.0. The van der Waals surface area contributed by atoms with Crippen LogP contribution in [0, 0.1) is 0 Å². The van der Waals surface area contributed by atoms with Crippen LogP contribution in [0.3, 0.4) is 0 Å². The molecule has 0 saturated carbocycles. The molecule has 0 radical (unpaired) electrons. The van der Waals surface area contributed by atoms with Crippen molar-refractivity contribution in [3.63, 3.8) is 0 Å². The van der Waals surface area contributed by atoms with E-state index in [0.717, 1.165) is 37.5 Å². The molecule has 170 valence electrons. The second-order valence-electron chi connectivity index (χ2n) is 7.95. The highest BCUT2D eigenvalue weighted by Gasteiger charge is 2.34. The number of imidazole rings is 1. The van der Waals surface area contributed by atoms with Crippen LogP contribution in [0.5, 0.6) is 0 Å². The Morgan fingerprint density at radius 1 is 1.09 bits per heavy atom. The van der Waals surface area contributed by atoms with Crippen molar-refractivity contribution in [3.8, 4) is 22.8 Å². The van der Waals surface area contributed by atoms with Crippen molar-refractivity contribution in [3.05, 3.63) is 54.4 Å². The zero-order valence-corrected chi connectivity index (χ0v) is 17.5. The number of likely N-dealkylation sites (tertiary alicyclic amines) is 1. The molecular weight excluding hydrogens is 435 g/mol. The molecular formula is C23H20F3N5O2. The van der Waals surface area contributed by atoms with Gasteiger partial charge in [-0.2, -0.15) is 18.2 Å². The van der Waals surface area contributed by atoms with Crippen molar-refractivity contribution in [1.29, 1.82) is 0 Å². The summed E-state index contributed by atoms with van der Waals surface area (Å²) in [5.41, 5.74) is 1.08. The van der Waals surface area contributed by atoms with E-state index in [2.05, 4.69) is 15.1 Å². The summed E-state index contributed by atoms with van der Waals surface area (Å²) in [6, 6.07) is 10.4. The topological polar surface area (TPSA) is 77.0 Å². The number of rotatable bonds is 5. The Labute approximate surface area is 186 Å². The van der Waals surface area contributed by atoms with E-state index in [1.165, 1.54) is 18.2 Å². The predicted octanol–water partition coefficient (Wildman–Crippen LogP) is 4.78. The van der Waals surface area contributed by atoms with E-state index in [-0.39, 0.29) is 23.2 Å². The Morgan fingerprint density at radius 2 is 1.88 bits per heavy atom. The van der Waals surface area contributed by atoms with E-state index in [1.807, 2.05) is 15.5 Å². The number of aromatic nitrogens is 4. The highest BCUT2D eigenvalue weighted by atomic mass is 19.4. The minimum Gasteiger partial charge on any atom is -0.343 e. The summed E-state index contributed by atoms with van der Waals surface area (Å²) in [5, 5.41) is 3.87. The fraction of sp³-hybridized carbons (Fsp3) is 0.304. The summed E-state index contributed by atoms with van der Waals surface area (Å²) >= 11 is 0. The van der Waals surface area contributed by atoms with Gasteiger partial charge in [-0.25, -0.2) is 4.98 Å². The monoisotopic (exact) mass is 455 g/mol. The first-order valence-electron chi connectivity index (χ1n) is 10.6. The predicted molar refractivity (Wildman–Crippen MR) is 114 cm³/mol. The van der Waals surface area contributed by atoms with Gasteiger partial charge >= 0.3 is 6.18 Å². The molecule has 0 spiro atoms. The van der Waals surface area contributed by atoms with Crippen molar-refractivity contribution >= 4 is 16.9 Å². The average molecular weight is 455 g/mol. The number of benzene rings is 2. The Hall–Kier alpha value is -3.69. The van der Waals surface area contributed by atoms with E-state index in [0.29, 0.717) is 24.0 Å². The van der Waals surface area contributed by atoms with E-state index in [4.69, 9.17) is 4.52 Å². The number of amides is 1. The molecule has 0 N–H and O–H groups in total. The Morgan fingerprint density at radius 3 is 2.67 bits per heavy atom. The first kappa shape index (κ1) is 21.2. The number of hydrogen-bond donors (Lipinski definition) is 0. The van der Waals surface area contributed by atoms with Gasteiger partial charge in [0.05, 0.1) is 28.5 Å². The third-order valence-electron chi connectivity index (χ3n) is 5.79. The number of halogens is 3. The molecule has 1 aliphatic heterocycles. The highest BCUT2D eigenvalue weighted by Crippen LogP contribution is 2.37. The quantitative estimate of drug-likeness (QED) is 0.433. The molecule has 10 heteroatoms.